The van der Waals surface area contributed by atoms with Crippen molar-refractivity contribution in [2.45, 2.75) is 12.5 Å². The lowest BCUT2D eigenvalue weighted by atomic mass is 10.0. The summed E-state index contributed by atoms with van der Waals surface area (Å²) in [7, 11) is 0. The van der Waals surface area contributed by atoms with Gasteiger partial charge in [-0.2, -0.15) is 0 Å². The Kier molecular flexibility index (Phi) is 3.20. The van der Waals surface area contributed by atoms with Gasteiger partial charge in [0.2, 0.25) is 0 Å². The van der Waals surface area contributed by atoms with Crippen LogP contribution in [0.1, 0.15) is 17.2 Å². The number of fused-ring (bicyclic) bond motifs is 1. The fourth-order valence-electron chi connectivity index (χ4n) is 1.90. The summed E-state index contributed by atoms with van der Waals surface area (Å²) in [5.41, 5.74) is 2.00. The van der Waals surface area contributed by atoms with E-state index in [-0.39, 0.29) is 4.92 Å². The van der Waals surface area contributed by atoms with Gasteiger partial charge in [-0.05, 0) is 47.2 Å². The molecule has 0 spiro atoms. The number of halogens is 1. The van der Waals surface area contributed by atoms with Gasteiger partial charge in [0.15, 0.2) is 0 Å². The summed E-state index contributed by atoms with van der Waals surface area (Å²) in [5, 5.41) is 14.1. The lowest BCUT2D eigenvalue weighted by molar-refractivity contribution is -0.526. The summed E-state index contributed by atoms with van der Waals surface area (Å²) in [4.78, 5) is 10.7. The number of nitro groups is 1. The molecule has 0 radical (unpaired) electrons. The van der Waals surface area contributed by atoms with Crippen molar-refractivity contribution >= 4 is 22.6 Å². The van der Waals surface area contributed by atoms with Crippen LogP contribution < -0.4 is 5.32 Å². The topological polar surface area (TPSA) is 55.2 Å². The molecule has 1 aliphatic rings. The van der Waals surface area contributed by atoms with Gasteiger partial charge in [-0.25, -0.2) is 0 Å². The van der Waals surface area contributed by atoms with Gasteiger partial charge in [0.05, 0.1) is 6.54 Å². The van der Waals surface area contributed by atoms with E-state index in [1.165, 1.54) is 0 Å². The molecular formula is C10H11IN2O2. The van der Waals surface area contributed by atoms with E-state index >= 15 is 0 Å². The Labute approximate surface area is 101 Å². The summed E-state index contributed by atoms with van der Waals surface area (Å²) in [6.07, 6.45) is 0.874. The van der Waals surface area contributed by atoms with Crippen LogP contribution in [-0.2, 0) is 6.42 Å². The van der Waals surface area contributed by atoms with Crippen LogP contribution in [0.5, 0.6) is 0 Å². The van der Waals surface area contributed by atoms with Crippen LogP contribution >= 0.6 is 22.6 Å². The van der Waals surface area contributed by atoms with Crippen molar-refractivity contribution < 1.29 is 4.92 Å². The Balaban J connectivity index is 2.49. The molecule has 1 aromatic rings. The van der Waals surface area contributed by atoms with Gasteiger partial charge in [-0.3, -0.25) is 10.1 Å². The minimum absolute atomic E-state index is 0.201. The summed E-state index contributed by atoms with van der Waals surface area (Å²) in [5.74, 6) is 0. The smallest absolute Gasteiger partial charge is 0.250 e. The summed E-state index contributed by atoms with van der Waals surface area (Å²) in [6.45, 7) is 1.25. The number of nitrogens with zero attached hydrogens (tertiary/aromatic N) is 1. The van der Waals surface area contributed by atoms with E-state index < -0.39 is 6.04 Å². The zero-order chi connectivity index (χ0) is 10.8. The predicted molar refractivity (Wildman–Crippen MR) is 65.5 cm³/mol. The third kappa shape index (κ3) is 2.12. The maximum atomic E-state index is 10.9. The number of rotatable bonds is 1. The minimum Gasteiger partial charge on any atom is -0.310 e. The van der Waals surface area contributed by atoms with E-state index in [1.54, 1.807) is 0 Å². The standard InChI is InChI=1S/C10H11IN2O2/c11-9-3-1-2-8-7(9)4-5-12-6-10(8)13(14)15/h1-3,10,12H,4-6H2. The van der Waals surface area contributed by atoms with Crippen LogP contribution in [0.25, 0.3) is 0 Å². The molecule has 15 heavy (non-hydrogen) atoms. The Hall–Kier alpha value is -0.690. The highest BCUT2D eigenvalue weighted by Crippen LogP contribution is 2.26. The highest BCUT2D eigenvalue weighted by Gasteiger charge is 2.27. The average molecular weight is 318 g/mol. The molecule has 1 atom stereocenters. The number of nitrogens with one attached hydrogen (secondary N) is 1. The fourth-order valence-corrected chi connectivity index (χ4v) is 2.69. The van der Waals surface area contributed by atoms with E-state index in [0.29, 0.717) is 6.54 Å². The summed E-state index contributed by atoms with van der Waals surface area (Å²) >= 11 is 2.24. The molecule has 2 rings (SSSR count). The molecule has 4 nitrogen and oxygen atoms in total. The monoisotopic (exact) mass is 318 g/mol. The zero-order valence-electron chi connectivity index (χ0n) is 8.07. The van der Waals surface area contributed by atoms with Crippen LogP contribution in [0, 0.1) is 13.7 Å². The first kappa shape index (κ1) is 10.8. The Morgan fingerprint density at radius 1 is 1.53 bits per heavy atom. The van der Waals surface area contributed by atoms with Gasteiger partial charge in [0.25, 0.3) is 6.04 Å². The molecule has 80 valence electrons. The van der Waals surface area contributed by atoms with Crippen molar-refractivity contribution in [2.24, 2.45) is 0 Å². The number of benzene rings is 1. The van der Waals surface area contributed by atoms with Crippen LogP contribution in [0.15, 0.2) is 18.2 Å². The van der Waals surface area contributed by atoms with Crippen molar-refractivity contribution in [3.63, 3.8) is 0 Å². The molecule has 0 saturated heterocycles. The van der Waals surface area contributed by atoms with Gasteiger partial charge in [-0.1, -0.05) is 12.1 Å². The summed E-state index contributed by atoms with van der Waals surface area (Å²) < 4.78 is 1.13. The molecule has 1 aromatic carbocycles. The Morgan fingerprint density at radius 3 is 3.07 bits per heavy atom. The Morgan fingerprint density at radius 2 is 2.33 bits per heavy atom. The normalized spacial score (nSPS) is 20.5. The fraction of sp³-hybridized carbons (Fsp3) is 0.400. The lowest BCUT2D eigenvalue weighted by Crippen LogP contribution is -2.24. The van der Waals surface area contributed by atoms with Gasteiger partial charge in [0, 0.05) is 14.1 Å². The first-order chi connectivity index (χ1) is 7.20. The van der Waals surface area contributed by atoms with Gasteiger partial charge >= 0.3 is 0 Å². The molecule has 1 unspecified atom stereocenters. The zero-order valence-corrected chi connectivity index (χ0v) is 10.2. The largest absolute Gasteiger partial charge is 0.310 e. The maximum absolute atomic E-state index is 10.9. The SMILES string of the molecule is O=[N+]([O-])C1CNCCc2c(I)cccc21. The second-order valence-electron chi connectivity index (χ2n) is 3.56. The maximum Gasteiger partial charge on any atom is 0.250 e. The van der Waals surface area contributed by atoms with Crippen LogP contribution in [0.3, 0.4) is 0 Å². The molecule has 0 fully saturated rings. The minimum atomic E-state index is -0.600. The molecule has 0 bridgehead atoms. The first-order valence-corrected chi connectivity index (χ1v) is 5.89. The third-order valence-electron chi connectivity index (χ3n) is 2.66. The van der Waals surface area contributed by atoms with Crippen molar-refractivity contribution in [1.29, 1.82) is 0 Å². The van der Waals surface area contributed by atoms with E-state index in [4.69, 9.17) is 0 Å². The van der Waals surface area contributed by atoms with Crippen LogP contribution in [0.2, 0.25) is 0 Å². The molecule has 1 aliphatic heterocycles. The van der Waals surface area contributed by atoms with E-state index in [2.05, 4.69) is 27.9 Å². The molecule has 1 heterocycles. The van der Waals surface area contributed by atoms with Gasteiger partial charge in [0.1, 0.15) is 0 Å². The number of hydrogen-bond acceptors (Lipinski definition) is 3. The van der Waals surface area contributed by atoms with Gasteiger partial charge < -0.3 is 5.32 Å². The van der Waals surface area contributed by atoms with E-state index in [9.17, 15) is 10.1 Å². The molecule has 1 N–H and O–H groups in total. The molecule has 0 saturated carbocycles. The van der Waals surface area contributed by atoms with E-state index in [0.717, 1.165) is 27.7 Å². The molecule has 0 amide bonds. The molecule has 0 aliphatic carbocycles. The quantitative estimate of drug-likeness (QED) is 0.488. The van der Waals surface area contributed by atoms with Crippen molar-refractivity contribution in [1.82, 2.24) is 5.32 Å². The highest BCUT2D eigenvalue weighted by atomic mass is 127. The first-order valence-electron chi connectivity index (χ1n) is 4.81. The van der Waals surface area contributed by atoms with Crippen molar-refractivity contribution in [3.8, 4) is 0 Å². The average Bonchev–Trinajstić information content (AvgIpc) is 2.40. The molecular weight excluding hydrogens is 307 g/mol. The molecule has 0 aromatic heterocycles. The lowest BCUT2D eigenvalue weighted by Gasteiger charge is -2.10. The highest BCUT2D eigenvalue weighted by molar-refractivity contribution is 14.1. The second-order valence-corrected chi connectivity index (χ2v) is 4.73. The predicted octanol–water partition coefficient (Wildman–Crippen LogP) is 1.75. The third-order valence-corrected chi connectivity index (χ3v) is 3.67. The van der Waals surface area contributed by atoms with Gasteiger partial charge in [-0.15, -0.1) is 0 Å². The molecule has 5 heteroatoms. The van der Waals surface area contributed by atoms with Crippen molar-refractivity contribution in [3.05, 3.63) is 43.0 Å². The second kappa shape index (κ2) is 4.44. The Bertz CT molecular complexity index is 395. The van der Waals surface area contributed by atoms with Crippen molar-refractivity contribution in [2.75, 3.05) is 13.1 Å². The summed E-state index contributed by atoms with van der Waals surface area (Å²) in [6, 6.07) is 5.17. The number of hydrogen-bond donors (Lipinski definition) is 1. The van der Waals surface area contributed by atoms with E-state index in [1.807, 2.05) is 18.2 Å². The van der Waals surface area contributed by atoms with Crippen LogP contribution in [0.4, 0.5) is 0 Å². The van der Waals surface area contributed by atoms with Crippen LogP contribution in [-0.4, -0.2) is 18.0 Å².